The number of hydrogen-bond donors (Lipinski definition) is 1. The molecule has 0 aliphatic carbocycles. The largest absolute Gasteiger partial charge is 0.354 e. The number of benzene rings is 1. The molecule has 0 atom stereocenters. The maximum atomic E-state index is 13.3. The molecule has 1 spiro atoms. The van der Waals surface area contributed by atoms with Crippen LogP contribution in [-0.4, -0.2) is 89.6 Å². The van der Waals surface area contributed by atoms with Gasteiger partial charge in [0.1, 0.15) is 11.4 Å². The number of aromatic nitrogens is 1. The predicted octanol–water partition coefficient (Wildman–Crippen LogP) is 1.79. The Morgan fingerprint density at radius 2 is 1.58 bits per heavy atom. The third kappa shape index (κ3) is 4.72. The summed E-state index contributed by atoms with van der Waals surface area (Å²) in [5.41, 5.74) is 0.605. The van der Waals surface area contributed by atoms with Crippen molar-refractivity contribution in [3.05, 3.63) is 60.3 Å². The summed E-state index contributed by atoms with van der Waals surface area (Å²) in [5, 5.41) is 3.05. The van der Waals surface area contributed by atoms with Crippen LogP contribution in [0.2, 0.25) is 0 Å². The standard InChI is InChI=1S/C25H32N6O2/c32-23-25(10-14-28(15-11-25)13-9-21-6-2-1-3-7-21)27-24(33)31(23)20-29-16-18-30(19-17-29)22-8-4-5-12-26-22/h1-8,12H,9-11,13-20H2,(H,27,33). The maximum absolute atomic E-state index is 13.3. The topological polar surface area (TPSA) is 72.0 Å². The van der Waals surface area contributed by atoms with Crippen LogP contribution >= 0.6 is 0 Å². The van der Waals surface area contributed by atoms with E-state index in [1.165, 1.54) is 10.5 Å². The van der Waals surface area contributed by atoms with Gasteiger partial charge in [0.05, 0.1) is 6.67 Å². The first-order valence-corrected chi connectivity index (χ1v) is 11.9. The lowest BCUT2D eigenvalue weighted by molar-refractivity contribution is -0.134. The van der Waals surface area contributed by atoms with Gasteiger partial charge in [-0.25, -0.2) is 14.7 Å². The quantitative estimate of drug-likeness (QED) is 0.680. The molecule has 1 aromatic heterocycles. The van der Waals surface area contributed by atoms with Crippen LogP contribution in [0.15, 0.2) is 54.7 Å². The minimum absolute atomic E-state index is 0.0534. The van der Waals surface area contributed by atoms with Crippen molar-refractivity contribution in [1.82, 2.24) is 25.0 Å². The minimum Gasteiger partial charge on any atom is -0.354 e. The van der Waals surface area contributed by atoms with Crippen molar-refractivity contribution in [3.8, 4) is 0 Å². The molecule has 1 N–H and O–H groups in total. The molecule has 3 amide bonds. The Labute approximate surface area is 195 Å². The number of imide groups is 1. The second-order valence-corrected chi connectivity index (χ2v) is 9.26. The Morgan fingerprint density at radius 1 is 0.848 bits per heavy atom. The Bertz CT molecular complexity index is 953. The van der Waals surface area contributed by atoms with Crippen molar-refractivity contribution >= 4 is 17.8 Å². The molecule has 0 unspecified atom stereocenters. The van der Waals surface area contributed by atoms with Crippen LogP contribution in [-0.2, 0) is 11.2 Å². The number of carbonyl (C=O) groups excluding carboxylic acids is 2. The first kappa shape index (κ1) is 21.9. The number of pyridine rings is 1. The molecule has 8 nitrogen and oxygen atoms in total. The fraction of sp³-hybridized carbons (Fsp3) is 0.480. The van der Waals surface area contributed by atoms with Crippen LogP contribution in [0.3, 0.4) is 0 Å². The van der Waals surface area contributed by atoms with E-state index in [0.717, 1.165) is 58.1 Å². The molecule has 5 rings (SSSR count). The summed E-state index contributed by atoms with van der Waals surface area (Å²) in [6.07, 6.45) is 4.17. The van der Waals surface area contributed by atoms with E-state index in [2.05, 4.69) is 49.3 Å². The van der Waals surface area contributed by atoms with E-state index < -0.39 is 5.54 Å². The van der Waals surface area contributed by atoms with E-state index >= 15 is 0 Å². The number of rotatable bonds is 6. The molecular formula is C25H32N6O2. The highest BCUT2D eigenvalue weighted by Gasteiger charge is 2.52. The molecule has 3 fully saturated rings. The molecule has 3 saturated heterocycles. The molecule has 2 aromatic rings. The van der Waals surface area contributed by atoms with Crippen LogP contribution in [0.5, 0.6) is 0 Å². The van der Waals surface area contributed by atoms with Gasteiger partial charge >= 0.3 is 6.03 Å². The van der Waals surface area contributed by atoms with Gasteiger partial charge in [-0.15, -0.1) is 0 Å². The molecule has 0 radical (unpaired) electrons. The lowest BCUT2D eigenvalue weighted by atomic mass is 9.87. The fourth-order valence-corrected chi connectivity index (χ4v) is 5.09. The van der Waals surface area contributed by atoms with Crippen molar-refractivity contribution in [2.45, 2.75) is 24.8 Å². The van der Waals surface area contributed by atoms with E-state index in [1.54, 1.807) is 6.20 Å². The van der Waals surface area contributed by atoms with Crippen molar-refractivity contribution in [2.75, 3.05) is 57.4 Å². The molecular weight excluding hydrogens is 416 g/mol. The van der Waals surface area contributed by atoms with E-state index in [-0.39, 0.29) is 11.9 Å². The molecule has 0 saturated carbocycles. The molecule has 3 aliphatic heterocycles. The highest BCUT2D eigenvalue weighted by Crippen LogP contribution is 2.30. The number of carbonyl (C=O) groups is 2. The second kappa shape index (κ2) is 9.49. The summed E-state index contributed by atoms with van der Waals surface area (Å²) in [7, 11) is 0. The number of amides is 3. The van der Waals surface area contributed by atoms with Crippen molar-refractivity contribution in [1.29, 1.82) is 0 Å². The van der Waals surface area contributed by atoms with E-state index in [9.17, 15) is 9.59 Å². The molecule has 3 aliphatic rings. The number of urea groups is 1. The molecule has 8 heteroatoms. The monoisotopic (exact) mass is 448 g/mol. The minimum atomic E-state index is -0.726. The van der Waals surface area contributed by atoms with Crippen molar-refractivity contribution < 1.29 is 9.59 Å². The molecule has 174 valence electrons. The summed E-state index contributed by atoms with van der Waals surface area (Å²) < 4.78 is 0. The number of anilines is 1. The third-order valence-corrected chi connectivity index (χ3v) is 7.20. The van der Waals surface area contributed by atoms with Crippen molar-refractivity contribution in [3.63, 3.8) is 0 Å². The Balaban J connectivity index is 1.12. The number of likely N-dealkylation sites (tertiary alicyclic amines) is 1. The highest BCUT2D eigenvalue weighted by molar-refractivity contribution is 6.07. The number of piperazine rings is 1. The highest BCUT2D eigenvalue weighted by atomic mass is 16.2. The zero-order valence-electron chi connectivity index (χ0n) is 19.0. The van der Waals surface area contributed by atoms with Gasteiger partial charge < -0.3 is 15.1 Å². The summed E-state index contributed by atoms with van der Waals surface area (Å²) in [6.45, 7) is 6.27. The van der Waals surface area contributed by atoms with Gasteiger partial charge in [-0.3, -0.25) is 9.69 Å². The van der Waals surface area contributed by atoms with Gasteiger partial charge in [0.25, 0.3) is 5.91 Å². The SMILES string of the molecule is O=C1NC2(CCN(CCc3ccccc3)CC2)C(=O)N1CN1CCN(c2ccccn2)CC1. The number of nitrogens with one attached hydrogen (secondary N) is 1. The van der Waals surface area contributed by atoms with Gasteiger partial charge in [-0.1, -0.05) is 36.4 Å². The van der Waals surface area contributed by atoms with Crippen LogP contribution in [0.25, 0.3) is 0 Å². The first-order valence-electron chi connectivity index (χ1n) is 11.9. The summed E-state index contributed by atoms with van der Waals surface area (Å²) in [4.78, 5) is 38.7. The zero-order valence-corrected chi connectivity index (χ0v) is 19.0. The first-order chi connectivity index (χ1) is 16.1. The van der Waals surface area contributed by atoms with Crippen LogP contribution in [0.4, 0.5) is 10.6 Å². The molecule has 33 heavy (non-hydrogen) atoms. The number of nitrogens with zero attached hydrogens (tertiary/aromatic N) is 5. The van der Waals surface area contributed by atoms with Gasteiger partial charge in [0.2, 0.25) is 0 Å². The van der Waals surface area contributed by atoms with Gasteiger partial charge in [0.15, 0.2) is 0 Å². The molecule has 4 heterocycles. The molecule has 0 bridgehead atoms. The van der Waals surface area contributed by atoms with Gasteiger partial charge in [-0.2, -0.15) is 0 Å². The van der Waals surface area contributed by atoms with Crippen LogP contribution in [0, 0.1) is 0 Å². The van der Waals surface area contributed by atoms with E-state index in [0.29, 0.717) is 19.5 Å². The number of piperidine rings is 1. The lowest BCUT2D eigenvalue weighted by Crippen LogP contribution is -2.56. The zero-order chi connectivity index (χ0) is 22.7. The van der Waals surface area contributed by atoms with Crippen molar-refractivity contribution in [2.24, 2.45) is 0 Å². The normalized spacial score (nSPS) is 21.6. The van der Waals surface area contributed by atoms with E-state index in [4.69, 9.17) is 0 Å². The maximum Gasteiger partial charge on any atom is 0.326 e. The predicted molar refractivity (Wildman–Crippen MR) is 127 cm³/mol. The second-order valence-electron chi connectivity index (χ2n) is 9.26. The lowest BCUT2D eigenvalue weighted by Gasteiger charge is -2.38. The average molecular weight is 449 g/mol. The molecule has 1 aromatic carbocycles. The fourth-order valence-electron chi connectivity index (χ4n) is 5.09. The third-order valence-electron chi connectivity index (χ3n) is 7.20. The Hall–Kier alpha value is -2.97. The smallest absolute Gasteiger partial charge is 0.326 e. The van der Waals surface area contributed by atoms with Gasteiger partial charge in [0, 0.05) is 52.0 Å². The summed E-state index contributed by atoms with van der Waals surface area (Å²) in [5.74, 6) is 0.924. The van der Waals surface area contributed by atoms with E-state index in [1.807, 2.05) is 24.3 Å². The summed E-state index contributed by atoms with van der Waals surface area (Å²) >= 11 is 0. The summed E-state index contributed by atoms with van der Waals surface area (Å²) in [6, 6.07) is 16.2. The average Bonchev–Trinajstić information content (AvgIpc) is 3.09. The van der Waals surface area contributed by atoms with Crippen LogP contribution in [0.1, 0.15) is 18.4 Å². The Kier molecular flexibility index (Phi) is 6.28. The Morgan fingerprint density at radius 3 is 2.27 bits per heavy atom. The number of hydrogen-bond acceptors (Lipinski definition) is 6. The van der Waals surface area contributed by atoms with Crippen LogP contribution < -0.4 is 10.2 Å². The van der Waals surface area contributed by atoms with Gasteiger partial charge in [-0.05, 0) is 37.0 Å².